The highest BCUT2D eigenvalue weighted by Crippen LogP contribution is 2.33. The van der Waals surface area contributed by atoms with E-state index < -0.39 is 0 Å². The Hall–Kier alpha value is -3.52. The van der Waals surface area contributed by atoms with Crippen molar-refractivity contribution >= 4 is 11.6 Å². The van der Waals surface area contributed by atoms with Crippen molar-refractivity contribution in [1.82, 2.24) is 15.2 Å². The van der Waals surface area contributed by atoms with Gasteiger partial charge in [-0.2, -0.15) is 0 Å². The lowest BCUT2D eigenvalue weighted by Gasteiger charge is -2.31. The maximum absolute atomic E-state index is 12.8. The smallest absolute Gasteiger partial charge is 0.226 e. The van der Waals surface area contributed by atoms with E-state index in [0.717, 1.165) is 56.0 Å². The molecular formula is C29H38N4O4. The number of aryl methyl sites for hydroxylation is 1. The fourth-order valence-corrected chi connectivity index (χ4v) is 4.80. The standard InChI is InChI=1S/C29H38N4O4/c1-5-33(24-9-7-6-8-10-24)18-15-30-28(34)22-13-16-32(17-14-22)20-25-21(2)37-29(31-25)23-11-12-26(35-3)27(19-23)36-4/h6-12,19,22H,5,13-18,20H2,1-4H3,(H,30,34). The minimum atomic E-state index is 0.0591. The average Bonchev–Trinajstić information content (AvgIpc) is 3.31. The van der Waals surface area contributed by atoms with Gasteiger partial charge in [-0.05, 0) is 70.1 Å². The molecular weight excluding hydrogens is 468 g/mol. The number of amides is 1. The van der Waals surface area contributed by atoms with E-state index in [1.54, 1.807) is 14.2 Å². The number of hydrogen-bond donors (Lipinski definition) is 1. The molecule has 2 aromatic carbocycles. The second-order valence-electron chi connectivity index (χ2n) is 9.35. The molecule has 1 aliphatic heterocycles. The van der Waals surface area contributed by atoms with Gasteiger partial charge in [0.15, 0.2) is 11.5 Å². The monoisotopic (exact) mass is 506 g/mol. The van der Waals surface area contributed by atoms with Crippen molar-refractivity contribution in [3.8, 4) is 23.0 Å². The molecule has 0 atom stereocenters. The molecule has 3 aromatic rings. The van der Waals surface area contributed by atoms with Crippen LogP contribution in [0.2, 0.25) is 0 Å². The summed E-state index contributed by atoms with van der Waals surface area (Å²) in [6.45, 7) is 8.88. The summed E-state index contributed by atoms with van der Waals surface area (Å²) in [5, 5.41) is 3.15. The first kappa shape index (κ1) is 26.5. The topological polar surface area (TPSA) is 80.1 Å². The van der Waals surface area contributed by atoms with Gasteiger partial charge in [-0.25, -0.2) is 4.98 Å². The quantitative estimate of drug-likeness (QED) is 0.410. The van der Waals surface area contributed by atoms with Crippen molar-refractivity contribution in [3.63, 3.8) is 0 Å². The lowest BCUT2D eigenvalue weighted by Crippen LogP contribution is -2.42. The van der Waals surface area contributed by atoms with Gasteiger partial charge in [0.05, 0.1) is 19.9 Å². The van der Waals surface area contributed by atoms with Crippen LogP contribution in [-0.4, -0.2) is 62.7 Å². The van der Waals surface area contributed by atoms with Crippen molar-refractivity contribution in [2.45, 2.75) is 33.2 Å². The van der Waals surface area contributed by atoms with Crippen LogP contribution in [0, 0.1) is 12.8 Å². The van der Waals surface area contributed by atoms with Crippen LogP contribution in [0.15, 0.2) is 52.9 Å². The van der Waals surface area contributed by atoms with Crippen molar-refractivity contribution < 1.29 is 18.7 Å². The van der Waals surface area contributed by atoms with Gasteiger partial charge in [0, 0.05) is 43.3 Å². The largest absolute Gasteiger partial charge is 0.493 e. The second-order valence-corrected chi connectivity index (χ2v) is 9.35. The number of piperidine rings is 1. The summed E-state index contributed by atoms with van der Waals surface area (Å²) < 4.78 is 16.7. The zero-order chi connectivity index (χ0) is 26.2. The van der Waals surface area contributed by atoms with E-state index in [2.05, 4.69) is 34.2 Å². The third-order valence-corrected chi connectivity index (χ3v) is 7.04. The minimum absolute atomic E-state index is 0.0591. The molecule has 1 saturated heterocycles. The zero-order valence-electron chi connectivity index (χ0n) is 22.3. The first-order chi connectivity index (χ1) is 18.0. The number of likely N-dealkylation sites (tertiary alicyclic amines) is 1. The van der Waals surface area contributed by atoms with Crippen LogP contribution in [-0.2, 0) is 11.3 Å². The number of benzene rings is 2. The lowest BCUT2D eigenvalue weighted by atomic mass is 9.96. The van der Waals surface area contributed by atoms with E-state index in [1.807, 2.05) is 43.3 Å². The molecule has 0 bridgehead atoms. The molecule has 37 heavy (non-hydrogen) atoms. The molecule has 2 heterocycles. The first-order valence-electron chi connectivity index (χ1n) is 13.0. The van der Waals surface area contributed by atoms with Crippen molar-refractivity contribution in [3.05, 3.63) is 60.0 Å². The van der Waals surface area contributed by atoms with Crippen LogP contribution in [0.3, 0.4) is 0 Å². The molecule has 1 N–H and O–H groups in total. The number of carbonyl (C=O) groups excluding carboxylic acids is 1. The Kier molecular flexibility index (Phi) is 9.06. The number of likely N-dealkylation sites (N-methyl/N-ethyl adjacent to an activating group) is 1. The molecule has 198 valence electrons. The highest BCUT2D eigenvalue weighted by molar-refractivity contribution is 5.78. The molecule has 8 nitrogen and oxygen atoms in total. The number of hydrogen-bond acceptors (Lipinski definition) is 7. The number of oxazole rings is 1. The number of nitrogens with zero attached hydrogens (tertiary/aromatic N) is 3. The van der Waals surface area contributed by atoms with Gasteiger partial charge in [-0.3, -0.25) is 9.69 Å². The van der Waals surface area contributed by atoms with Gasteiger partial charge >= 0.3 is 0 Å². The maximum Gasteiger partial charge on any atom is 0.226 e. The lowest BCUT2D eigenvalue weighted by molar-refractivity contribution is -0.126. The molecule has 1 fully saturated rings. The van der Waals surface area contributed by atoms with E-state index in [4.69, 9.17) is 18.9 Å². The third kappa shape index (κ3) is 6.63. The number of methoxy groups -OCH3 is 2. The van der Waals surface area contributed by atoms with Crippen molar-refractivity contribution in [2.75, 3.05) is 51.8 Å². The number of para-hydroxylation sites is 1. The highest BCUT2D eigenvalue weighted by Gasteiger charge is 2.26. The number of anilines is 1. The summed E-state index contributed by atoms with van der Waals surface area (Å²) in [6.07, 6.45) is 1.70. The van der Waals surface area contributed by atoms with Crippen molar-refractivity contribution in [2.24, 2.45) is 5.92 Å². The van der Waals surface area contributed by atoms with Crippen LogP contribution in [0.25, 0.3) is 11.5 Å². The summed E-state index contributed by atoms with van der Waals surface area (Å²) in [4.78, 5) is 22.2. The van der Waals surface area contributed by atoms with Gasteiger partial charge in [0.1, 0.15) is 5.76 Å². The summed E-state index contributed by atoms with van der Waals surface area (Å²) >= 11 is 0. The summed E-state index contributed by atoms with van der Waals surface area (Å²) in [5.74, 6) is 2.91. The van der Waals surface area contributed by atoms with E-state index in [9.17, 15) is 4.79 Å². The Labute approximate surface area is 219 Å². The fraction of sp³-hybridized carbons (Fsp3) is 0.448. The van der Waals surface area contributed by atoms with Crippen LogP contribution < -0.4 is 19.7 Å². The van der Waals surface area contributed by atoms with E-state index >= 15 is 0 Å². The highest BCUT2D eigenvalue weighted by atomic mass is 16.5. The second kappa shape index (κ2) is 12.6. The Bertz CT molecular complexity index is 1160. The molecule has 1 aliphatic rings. The Morgan fingerprint density at radius 1 is 1.11 bits per heavy atom. The molecule has 4 rings (SSSR count). The summed E-state index contributed by atoms with van der Waals surface area (Å²) in [6, 6.07) is 16.0. The average molecular weight is 507 g/mol. The minimum Gasteiger partial charge on any atom is -0.493 e. The van der Waals surface area contributed by atoms with E-state index in [1.165, 1.54) is 5.69 Å². The number of nitrogens with one attached hydrogen (secondary N) is 1. The van der Waals surface area contributed by atoms with Gasteiger partial charge in [0.25, 0.3) is 0 Å². The molecule has 8 heteroatoms. The molecule has 0 spiro atoms. The Morgan fingerprint density at radius 3 is 2.51 bits per heavy atom. The third-order valence-electron chi connectivity index (χ3n) is 7.04. The van der Waals surface area contributed by atoms with Gasteiger partial charge in [-0.15, -0.1) is 0 Å². The number of ether oxygens (including phenoxy) is 2. The Balaban J connectivity index is 1.26. The Morgan fingerprint density at radius 2 is 1.84 bits per heavy atom. The SMILES string of the molecule is CCN(CCNC(=O)C1CCN(Cc2nc(-c3ccc(OC)c(OC)c3)oc2C)CC1)c1ccccc1. The zero-order valence-corrected chi connectivity index (χ0v) is 22.3. The normalized spacial score (nSPS) is 14.4. The van der Waals surface area contributed by atoms with Crippen molar-refractivity contribution in [1.29, 1.82) is 0 Å². The number of carbonyl (C=O) groups is 1. The first-order valence-corrected chi connectivity index (χ1v) is 13.0. The molecule has 0 unspecified atom stereocenters. The molecule has 0 saturated carbocycles. The van der Waals surface area contributed by atoms with Crippen LogP contribution in [0.5, 0.6) is 11.5 Å². The summed E-state index contributed by atoms with van der Waals surface area (Å²) in [7, 11) is 3.23. The van der Waals surface area contributed by atoms with Gasteiger partial charge in [0.2, 0.25) is 11.8 Å². The number of rotatable bonds is 11. The molecule has 1 amide bonds. The van der Waals surface area contributed by atoms with Gasteiger partial charge < -0.3 is 24.1 Å². The molecule has 1 aromatic heterocycles. The van der Waals surface area contributed by atoms with Crippen LogP contribution in [0.1, 0.15) is 31.2 Å². The predicted molar refractivity (Wildman–Crippen MR) is 145 cm³/mol. The molecule has 0 aliphatic carbocycles. The summed E-state index contributed by atoms with van der Waals surface area (Å²) in [5.41, 5.74) is 2.95. The van der Waals surface area contributed by atoms with E-state index in [0.29, 0.717) is 30.5 Å². The maximum atomic E-state index is 12.8. The van der Waals surface area contributed by atoms with Crippen LogP contribution in [0.4, 0.5) is 5.69 Å². The van der Waals surface area contributed by atoms with E-state index in [-0.39, 0.29) is 11.8 Å². The number of aromatic nitrogens is 1. The van der Waals surface area contributed by atoms with Gasteiger partial charge in [-0.1, -0.05) is 18.2 Å². The predicted octanol–water partition coefficient (Wildman–Crippen LogP) is 4.52. The van der Waals surface area contributed by atoms with Crippen LogP contribution >= 0.6 is 0 Å². The molecule has 0 radical (unpaired) electrons. The fourth-order valence-electron chi connectivity index (χ4n) is 4.80.